The molecule has 1 aliphatic carbocycles. The molecule has 0 aliphatic heterocycles. The highest BCUT2D eigenvalue weighted by Crippen LogP contribution is 2.29. The van der Waals surface area contributed by atoms with Gasteiger partial charge in [-0.05, 0) is 39.2 Å². The number of hydrogen-bond acceptors (Lipinski definition) is 4. The van der Waals surface area contributed by atoms with Crippen LogP contribution in [0.5, 0.6) is 0 Å². The number of aryl methyl sites for hydroxylation is 2. The van der Waals surface area contributed by atoms with Crippen molar-refractivity contribution < 1.29 is 0 Å². The molecule has 4 nitrogen and oxygen atoms in total. The number of nitrogens with one attached hydrogen (secondary N) is 2. The molecule has 0 atom stereocenters. The zero-order valence-corrected chi connectivity index (χ0v) is 13.1. The summed E-state index contributed by atoms with van der Waals surface area (Å²) in [6.45, 7) is 6.93. The first kappa shape index (κ1) is 13.8. The van der Waals surface area contributed by atoms with Crippen LogP contribution < -0.4 is 10.9 Å². The molecule has 2 aromatic heterocycles. The van der Waals surface area contributed by atoms with Gasteiger partial charge in [0.25, 0.3) is 5.56 Å². The molecule has 0 radical (unpaired) electrons. The molecule has 0 aromatic carbocycles. The van der Waals surface area contributed by atoms with Crippen molar-refractivity contribution in [1.82, 2.24) is 15.3 Å². The summed E-state index contributed by atoms with van der Waals surface area (Å²) in [5, 5.41) is 4.31. The molecule has 20 heavy (non-hydrogen) atoms. The summed E-state index contributed by atoms with van der Waals surface area (Å²) in [7, 11) is 0. The predicted molar refractivity (Wildman–Crippen MR) is 83.4 cm³/mol. The molecule has 0 bridgehead atoms. The van der Waals surface area contributed by atoms with Crippen molar-refractivity contribution in [2.45, 2.75) is 58.5 Å². The Balaban J connectivity index is 1.87. The average Bonchev–Trinajstić information content (AvgIpc) is 2.94. The van der Waals surface area contributed by atoms with Gasteiger partial charge in [-0.3, -0.25) is 4.79 Å². The van der Waals surface area contributed by atoms with E-state index < -0.39 is 0 Å². The second-order valence-corrected chi connectivity index (χ2v) is 7.30. The van der Waals surface area contributed by atoms with E-state index in [2.05, 4.69) is 22.2 Å². The Bertz CT molecular complexity index is 695. The fourth-order valence-electron chi connectivity index (χ4n) is 3.01. The van der Waals surface area contributed by atoms with Crippen LogP contribution in [0.4, 0.5) is 0 Å². The molecule has 0 amide bonds. The van der Waals surface area contributed by atoms with Gasteiger partial charge in [0, 0.05) is 10.4 Å². The van der Waals surface area contributed by atoms with Gasteiger partial charge in [-0.1, -0.05) is 12.8 Å². The fourth-order valence-corrected chi connectivity index (χ4v) is 4.06. The number of hydrogen-bond donors (Lipinski definition) is 2. The molecule has 1 fully saturated rings. The molecule has 1 saturated carbocycles. The summed E-state index contributed by atoms with van der Waals surface area (Å²) in [5.41, 5.74) is 1.25. The largest absolute Gasteiger partial charge is 0.309 e. The second kappa shape index (κ2) is 4.97. The fraction of sp³-hybridized carbons (Fsp3) is 0.600. The Kier molecular flexibility index (Phi) is 3.42. The Morgan fingerprint density at radius 3 is 2.75 bits per heavy atom. The van der Waals surface area contributed by atoms with Crippen molar-refractivity contribution in [1.29, 1.82) is 0 Å². The summed E-state index contributed by atoms with van der Waals surface area (Å²) >= 11 is 1.61. The van der Waals surface area contributed by atoms with Crippen LogP contribution in [-0.4, -0.2) is 15.5 Å². The van der Waals surface area contributed by atoms with Crippen molar-refractivity contribution in [3.05, 3.63) is 26.6 Å². The third-order valence-electron chi connectivity index (χ3n) is 4.48. The van der Waals surface area contributed by atoms with Crippen LogP contribution in [0, 0.1) is 13.8 Å². The summed E-state index contributed by atoms with van der Waals surface area (Å²) in [6.07, 6.45) is 4.99. The van der Waals surface area contributed by atoms with Gasteiger partial charge in [-0.2, -0.15) is 0 Å². The van der Waals surface area contributed by atoms with Crippen LogP contribution in [0.15, 0.2) is 4.79 Å². The summed E-state index contributed by atoms with van der Waals surface area (Å²) in [4.78, 5) is 21.8. The molecule has 0 saturated heterocycles. The van der Waals surface area contributed by atoms with Gasteiger partial charge in [-0.25, -0.2) is 4.98 Å². The van der Waals surface area contributed by atoms with Crippen LogP contribution in [-0.2, 0) is 6.54 Å². The zero-order chi connectivity index (χ0) is 14.3. The van der Waals surface area contributed by atoms with Crippen LogP contribution in [0.2, 0.25) is 0 Å². The van der Waals surface area contributed by atoms with E-state index in [1.807, 2.05) is 13.8 Å². The number of rotatable bonds is 3. The zero-order valence-electron chi connectivity index (χ0n) is 12.3. The van der Waals surface area contributed by atoms with E-state index in [9.17, 15) is 4.79 Å². The number of fused-ring (bicyclic) bond motifs is 1. The molecule has 5 heteroatoms. The predicted octanol–water partition coefficient (Wildman–Crippen LogP) is 3.02. The van der Waals surface area contributed by atoms with Crippen molar-refractivity contribution in [2.24, 2.45) is 0 Å². The maximum Gasteiger partial charge on any atom is 0.259 e. The maximum absolute atomic E-state index is 12.2. The highest BCUT2D eigenvalue weighted by Gasteiger charge is 2.27. The Labute approximate surface area is 122 Å². The SMILES string of the molecule is Cc1sc2nc(CNC3(C)CCCC3)[nH]c(=O)c2c1C. The lowest BCUT2D eigenvalue weighted by Gasteiger charge is -2.24. The summed E-state index contributed by atoms with van der Waals surface area (Å²) in [6, 6.07) is 0. The van der Waals surface area contributed by atoms with E-state index in [1.54, 1.807) is 11.3 Å². The molecule has 3 rings (SSSR count). The van der Waals surface area contributed by atoms with Gasteiger partial charge in [-0.15, -0.1) is 11.3 Å². The van der Waals surface area contributed by atoms with Crippen molar-refractivity contribution >= 4 is 21.6 Å². The Morgan fingerprint density at radius 1 is 1.35 bits per heavy atom. The van der Waals surface area contributed by atoms with Gasteiger partial charge in [0.05, 0.1) is 11.9 Å². The van der Waals surface area contributed by atoms with Crippen LogP contribution >= 0.6 is 11.3 Å². The van der Waals surface area contributed by atoms with Gasteiger partial charge in [0.2, 0.25) is 0 Å². The minimum atomic E-state index is -0.00905. The van der Waals surface area contributed by atoms with Crippen LogP contribution in [0.3, 0.4) is 0 Å². The number of aromatic nitrogens is 2. The third kappa shape index (κ3) is 2.40. The minimum absolute atomic E-state index is 0.00905. The smallest absolute Gasteiger partial charge is 0.259 e. The standard InChI is InChI=1S/C15H21N3OS/c1-9-10(2)20-14-12(9)13(19)17-11(18-14)8-16-15(3)6-4-5-7-15/h16H,4-8H2,1-3H3,(H,17,18,19). The quantitative estimate of drug-likeness (QED) is 0.914. The number of thiophene rings is 1. The minimum Gasteiger partial charge on any atom is -0.309 e. The number of H-pyrrole nitrogens is 1. The molecule has 2 heterocycles. The van der Waals surface area contributed by atoms with Gasteiger partial charge >= 0.3 is 0 Å². The monoisotopic (exact) mass is 291 g/mol. The average molecular weight is 291 g/mol. The molecular formula is C15H21N3OS. The molecule has 108 valence electrons. The van der Waals surface area contributed by atoms with Gasteiger partial charge < -0.3 is 10.3 Å². The second-order valence-electron chi connectivity index (χ2n) is 6.10. The van der Waals surface area contributed by atoms with E-state index in [0.29, 0.717) is 6.54 Å². The molecular weight excluding hydrogens is 270 g/mol. The maximum atomic E-state index is 12.2. The van der Waals surface area contributed by atoms with Crippen LogP contribution in [0.1, 0.15) is 48.9 Å². The van der Waals surface area contributed by atoms with Gasteiger partial charge in [0.1, 0.15) is 10.7 Å². The van der Waals surface area contributed by atoms with E-state index in [-0.39, 0.29) is 11.1 Å². The summed E-state index contributed by atoms with van der Waals surface area (Å²) < 4.78 is 0. The van der Waals surface area contributed by atoms with Crippen molar-refractivity contribution in [3.8, 4) is 0 Å². The van der Waals surface area contributed by atoms with E-state index in [4.69, 9.17) is 0 Å². The summed E-state index contributed by atoms with van der Waals surface area (Å²) in [5.74, 6) is 0.747. The Morgan fingerprint density at radius 2 is 2.05 bits per heavy atom. The van der Waals surface area contributed by atoms with E-state index >= 15 is 0 Å². The molecule has 0 spiro atoms. The lowest BCUT2D eigenvalue weighted by atomic mass is 10.0. The Hall–Kier alpha value is -1.20. The normalized spacial score (nSPS) is 17.9. The van der Waals surface area contributed by atoms with Crippen LogP contribution in [0.25, 0.3) is 10.2 Å². The first-order valence-electron chi connectivity index (χ1n) is 7.22. The van der Waals surface area contributed by atoms with E-state index in [1.165, 1.54) is 30.6 Å². The first-order chi connectivity index (χ1) is 9.48. The molecule has 1 aliphatic rings. The van der Waals surface area contributed by atoms with Crippen molar-refractivity contribution in [3.63, 3.8) is 0 Å². The molecule has 2 aromatic rings. The highest BCUT2D eigenvalue weighted by atomic mass is 32.1. The lowest BCUT2D eigenvalue weighted by molar-refractivity contribution is 0.358. The number of nitrogens with zero attached hydrogens (tertiary/aromatic N) is 1. The van der Waals surface area contributed by atoms with Crippen molar-refractivity contribution in [2.75, 3.05) is 0 Å². The number of aromatic amines is 1. The van der Waals surface area contributed by atoms with Gasteiger partial charge in [0.15, 0.2) is 0 Å². The molecule has 2 N–H and O–H groups in total. The lowest BCUT2D eigenvalue weighted by Crippen LogP contribution is -2.39. The topological polar surface area (TPSA) is 57.8 Å². The highest BCUT2D eigenvalue weighted by molar-refractivity contribution is 7.18. The molecule has 0 unspecified atom stereocenters. The van der Waals surface area contributed by atoms with E-state index in [0.717, 1.165) is 21.6 Å². The first-order valence-corrected chi connectivity index (χ1v) is 8.04. The third-order valence-corrected chi connectivity index (χ3v) is 5.58.